The molecule has 0 amide bonds. The van der Waals surface area contributed by atoms with Crippen molar-refractivity contribution >= 4 is 5.97 Å². The number of carbonyl (C=O) groups is 1. The highest BCUT2D eigenvalue weighted by molar-refractivity contribution is 5.87. The van der Waals surface area contributed by atoms with E-state index in [1.807, 2.05) is 6.08 Å². The molecule has 1 aliphatic carbocycles. The zero-order chi connectivity index (χ0) is 11.6. The van der Waals surface area contributed by atoms with Crippen LogP contribution in [0.4, 0.5) is 0 Å². The van der Waals surface area contributed by atoms with Gasteiger partial charge < -0.3 is 9.84 Å². The molecule has 0 bridgehead atoms. The zero-order valence-corrected chi connectivity index (χ0v) is 9.91. The fourth-order valence-corrected chi connectivity index (χ4v) is 2.45. The molecule has 1 N–H and O–H groups in total. The predicted molar refractivity (Wildman–Crippen MR) is 58.2 cm³/mol. The van der Waals surface area contributed by atoms with Crippen LogP contribution < -0.4 is 0 Å². The van der Waals surface area contributed by atoms with Gasteiger partial charge in [0.05, 0.1) is 7.11 Å². The average molecular weight is 212 g/mol. The molecule has 2 atom stereocenters. The van der Waals surface area contributed by atoms with Gasteiger partial charge in [0.25, 0.3) is 0 Å². The number of ether oxygens (including phenoxy) is 1. The highest BCUT2D eigenvalue weighted by Gasteiger charge is 2.45. The Labute approximate surface area is 91.1 Å². The van der Waals surface area contributed by atoms with Crippen molar-refractivity contribution in [3.05, 3.63) is 11.6 Å². The van der Waals surface area contributed by atoms with Crippen LogP contribution in [-0.4, -0.2) is 24.8 Å². The number of hydrogen-bond donors (Lipinski definition) is 1. The van der Waals surface area contributed by atoms with Crippen molar-refractivity contribution in [3.63, 3.8) is 0 Å². The zero-order valence-electron chi connectivity index (χ0n) is 9.91. The molecule has 2 unspecified atom stereocenters. The summed E-state index contributed by atoms with van der Waals surface area (Å²) in [6.07, 6.45) is 2.95. The minimum Gasteiger partial charge on any atom is -0.466 e. The molecule has 3 heteroatoms. The minimum absolute atomic E-state index is 0.183. The first-order chi connectivity index (χ1) is 6.92. The lowest BCUT2D eigenvalue weighted by molar-refractivity contribution is -0.136. The second-order valence-corrected chi connectivity index (χ2v) is 5.00. The minimum atomic E-state index is -0.283. The summed E-state index contributed by atoms with van der Waals surface area (Å²) in [5, 5.41) is 9.15. The molecule has 0 aromatic rings. The molecular formula is C12H20O3. The van der Waals surface area contributed by atoms with Gasteiger partial charge in [0.1, 0.15) is 0 Å². The second kappa shape index (κ2) is 4.35. The summed E-state index contributed by atoms with van der Waals surface area (Å²) in [7, 11) is 1.38. The van der Waals surface area contributed by atoms with Gasteiger partial charge in [-0.2, -0.15) is 0 Å². The van der Waals surface area contributed by atoms with Crippen LogP contribution in [0, 0.1) is 17.3 Å². The van der Waals surface area contributed by atoms with E-state index in [0.717, 1.165) is 6.42 Å². The Morgan fingerprint density at radius 2 is 2.20 bits per heavy atom. The maximum absolute atomic E-state index is 11.2. The van der Waals surface area contributed by atoms with Gasteiger partial charge in [-0.25, -0.2) is 4.79 Å². The first kappa shape index (κ1) is 12.2. The molecule has 1 saturated carbocycles. The van der Waals surface area contributed by atoms with Crippen LogP contribution in [0.1, 0.15) is 27.2 Å². The molecule has 0 aromatic heterocycles. The van der Waals surface area contributed by atoms with Crippen molar-refractivity contribution in [3.8, 4) is 0 Å². The molecule has 0 aliphatic heterocycles. The first-order valence-corrected chi connectivity index (χ1v) is 5.30. The third-order valence-electron chi connectivity index (χ3n) is 3.37. The van der Waals surface area contributed by atoms with Gasteiger partial charge in [0, 0.05) is 12.2 Å². The van der Waals surface area contributed by atoms with Gasteiger partial charge in [-0.1, -0.05) is 19.9 Å². The van der Waals surface area contributed by atoms with Gasteiger partial charge in [-0.05, 0) is 30.6 Å². The van der Waals surface area contributed by atoms with E-state index in [1.54, 1.807) is 6.92 Å². The van der Waals surface area contributed by atoms with Gasteiger partial charge in [-0.15, -0.1) is 0 Å². The topological polar surface area (TPSA) is 46.5 Å². The summed E-state index contributed by atoms with van der Waals surface area (Å²) < 4.78 is 4.65. The molecular weight excluding hydrogens is 192 g/mol. The van der Waals surface area contributed by atoms with Gasteiger partial charge in [-0.3, -0.25) is 0 Å². The van der Waals surface area contributed by atoms with Crippen molar-refractivity contribution < 1.29 is 14.6 Å². The molecule has 3 nitrogen and oxygen atoms in total. The highest BCUT2D eigenvalue weighted by atomic mass is 16.5. The Balaban J connectivity index is 2.74. The molecule has 1 aliphatic rings. The highest BCUT2D eigenvalue weighted by Crippen LogP contribution is 2.51. The van der Waals surface area contributed by atoms with Crippen LogP contribution in [0.25, 0.3) is 0 Å². The lowest BCUT2D eigenvalue weighted by Gasteiger charge is -2.50. The van der Waals surface area contributed by atoms with Crippen LogP contribution in [-0.2, 0) is 9.53 Å². The normalized spacial score (nSPS) is 29.5. The van der Waals surface area contributed by atoms with Crippen molar-refractivity contribution in [1.29, 1.82) is 0 Å². The standard InChI is InChI=1S/C12H20O3/c1-8(11(14)15-4)5-10-9(7-13)6-12(10,2)3/h5,9-10,13H,6-7H2,1-4H3. The maximum atomic E-state index is 11.2. The molecule has 0 spiro atoms. The fraction of sp³-hybridized carbons (Fsp3) is 0.750. The quantitative estimate of drug-likeness (QED) is 0.573. The average Bonchev–Trinajstić information content (AvgIpc) is 2.21. The summed E-state index contributed by atoms with van der Waals surface area (Å²) in [6, 6.07) is 0. The number of allylic oxidation sites excluding steroid dienone is 1. The molecule has 0 aromatic carbocycles. The summed E-state index contributed by atoms with van der Waals surface area (Å²) in [5.41, 5.74) is 0.816. The van der Waals surface area contributed by atoms with Crippen LogP contribution in [0.3, 0.4) is 0 Å². The van der Waals surface area contributed by atoms with E-state index in [2.05, 4.69) is 18.6 Å². The SMILES string of the molecule is COC(=O)C(C)=CC1C(CO)CC1(C)C. The van der Waals surface area contributed by atoms with E-state index in [4.69, 9.17) is 5.11 Å². The van der Waals surface area contributed by atoms with Crippen LogP contribution in [0.2, 0.25) is 0 Å². The molecule has 0 saturated heterocycles. The fourth-order valence-electron chi connectivity index (χ4n) is 2.45. The van der Waals surface area contributed by atoms with E-state index < -0.39 is 0 Å². The number of esters is 1. The smallest absolute Gasteiger partial charge is 0.333 e. The van der Waals surface area contributed by atoms with Gasteiger partial charge in [0.15, 0.2) is 0 Å². The number of methoxy groups -OCH3 is 1. The molecule has 15 heavy (non-hydrogen) atoms. The molecule has 0 heterocycles. The number of hydrogen-bond acceptors (Lipinski definition) is 3. The Kier molecular flexibility index (Phi) is 3.55. The van der Waals surface area contributed by atoms with Crippen LogP contribution >= 0.6 is 0 Å². The maximum Gasteiger partial charge on any atom is 0.333 e. The molecule has 0 radical (unpaired) electrons. The lowest BCUT2D eigenvalue weighted by Crippen LogP contribution is -2.44. The molecule has 86 valence electrons. The number of aliphatic hydroxyl groups excluding tert-OH is 1. The van der Waals surface area contributed by atoms with Crippen LogP contribution in [0.5, 0.6) is 0 Å². The van der Waals surface area contributed by atoms with E-state index in [0.29, 0.717) is 11.5 Å². The van der Waals surface area contributed by atoms with Crippen molar-refractivity contribution in [1.82, 2.24) is 0 Å². The number of rotatable bonds is 3. The second-order valence-electron chi connectivity index (χ2n) is 5.00. The van der Waals surface area contributed by atoms with Crippen molar-refractivity contribution in [2.45, 2.75) is 27.2 Å². The van der Waals surface area contributed by atoms with Gasteiger partial charge >= 0.3 is 5.97 Å². The molecule has 1 fully saturated rings. The lowest BCUT2D eigenvalue weighted by atomic mass is 9.55. The number of aliphatic hydroxyl groups is 1. The van der Waals surface area contributed by atoms with Crippen LogP contribution in [0.15, 0.2) is 11.6 Å². The summed E-state index contributed by atoms with van der Waals surface area (Å²) >= 11 is 0. The Morgan fingerprint density at radius 1 is 1.60 bits per heavy atom. The third-order valence-corrected chi connectivity index (χ3v) is 3.37. The first-order valence-electron chi connectivity index (χ1n) is 5.30. The number of carbonyl (C=O) groups excluding carboxylic acids is 1. The monoisotopic (exact) mass is 212 g/mol. The summed E-state index contributed by atoms with van der Waals surface area (Å²) in [5.74, 6) is 0.288. The summed E-state index contributed by atoms with van der Waals surface area (Å²) in [4.78, 5) is 11.2. The van der Waals surface area contributed by atoms with E-state index >= 15 is 0 Å². The third kappa shape index (κ3) is 2.40. The van der Waals surface area contributed by atoms with E-state index in [1.165, 1.54) is 7.11 Å². The van der Waals surface area contributed by atoms with Gasteiger partial charge in [0.2, 0.25) is 0 Å². The molecule has 1 rings (SSSR count). The van der Waals surface area contributed by atoms with E-state index in [9.17, 15) is 4.79 Å². The van der Waals surface area contributed by atoms with Crippen molar-refractivity contribution in [2.75, 3.05) is 13.7 Å². The Bertz CT molecular complexity index is 279. The largest absolute Gasteiger partial charge is 0.466 e. The Morgan fingerprint density at radius 3 is 2.60 bits per heavy atom. The predicted octanol–water partition coefficient (Wildman–Crippen LogP) is 1.76. The summed E-state index contributed by atoms with van der Waals surface area (Å²) in [6.45, 7) is 6.27. The Hall–Kier alpha value is -0.830. The van der Waals surface area contributed by atoms with Crippen molar-refractivity contribution in [2.24, 2.45) is 17.3 Å². The van der Waals surface area contributed by atoms with E-state index in [-0.39, 0.29) is 23.9 Å².